The lowest BCUT2D eigenvalue weighted by Crippen LogP contribution is -2.17. The van der Waals surface area contributed by atoms with Gasteiger partial charge in [-0.1, -0.05) is 11.6 Å². The molecule has 3 nitrogen and oxygen atoms in total. The molecule has 0 bridgehead atoms. The van der Waals surface area contributed by atoms with Crippen LogP contribution in [0, 0.1) is 0 Å². The summed E-state index contributed by atoms with van der Waals surface area (Å²) in [6.07, 6.45) is 0. The third kappa shape index (κ3) is 1.53. The van der Waals surface area contributed by atoms with Crippen LogP contribution in [0.5, 0.6) is 0 Å². The Morgan fingerprint density at radius 1 is 1.43 bits per heavy atom. The lowest BCUT2D eigenvalue weighted by molar-refractivity contribution is 0.759. The standard InChI is InChI=1S/C9H8Cl2N2O/c10-3-4-13-8-5-6(11)1-2-7(8)12-9(13)14/h1-2,5H,3-4H2,(H,12,14). The van der Waals surface area contributed by atoms with Crippen molar-refractivity contribution in [2.24, 2.45) is 0 Å². The summed E-state index contributed by atoms with van der Waals surface area (Å²) in [4.78, 5) is 14.2. The van der Waals surface area contributed by atoms with Crippen molar-refractivity contribution < 1.29 is 0 Å². The van der Waals surface area contributed by atoms with Crippen molar-refractivity contribution in [3.63, 3.8) is 0 Å². The summed E-state index contributed by atoms with van der Waals surface area (Å²) in [7, 11) is 0. The molecule has 0 spiro atoms. The maximum atomic E-state index is 11.4. The summed E-state index contributed by atoms with van der Waals surface area (Å²) in [5.74, 6) is 0.402. The van der Waals surface area contributed by atoms with Gasteiger partial charge in [-0.15, -0.1) is 11.6 Å². The van der Waals surface area contributed by atoms with Crippen LogP contribution in [-0.2, 0) is 6.54 Å². The van der Waals surface area contributed by atoms with Crippen LogP contribution in [0.3, 0.4) is 0 Å². The Balaban J connectivity index is 2.73. The highest BCUT2D eigenvalue weighted by atomic mass is 35.5. The molecule has 0 saturated carbocycles. The Morgan fingerprint density at radius 3 is 2.93 bits per heavy atom. The number of benzene rings is 1. The number of halogens is 2. The van der Waals surface area contributed by atoms with Crippen LogP contribution in [-0.4, -0.2) is 15.4 Å². The van der Waals surface area contributed by atoms with Gasteiger partial charge >= 0.3 is 5.69 Å². The van der Waals surface area contributed by atoms with Gasteiger partial charge in [0.15, 0.2) is 0 Å². The number of aryl methyl sites for hydroxylation is 1. The second kappa shape index (κ2) is 3.67. The van der Waals surface area contributed by atoms with Crippen LogP contribution in [0.2, 0.25) is 5.02 Å². The zero-order valence-corrected chi connectivity index (χ0v) is 8.77. The van der Waals surface area contributed by atoms with Crippen LogP contribution in [0.1, 0.15) is 0 Å². The van der Waals surface area contributed by atoms with E-state index in [2.05, 4.69) is 4.98 Å². The van der Waals surface area contributed by atoms with Gasteiger partial charge in [-0.3, -0.25) is 4.57 Å². The summed E-state index contributed by atoms with van der Waals surface area (Å²) in [6, 6.07) is 5.27. The molecule has 0 unspecified atom stereocenters. The highest BCUT2D eigenvalue weighted by Crippen LogP contribution is 2.16. The number of hydrogen-bond acceptors (Lipinski definition) is 1. The van der Waals surface area contributed by atoms with Crippen LogP contribution in [0.4, 0.5) is 0 Å². The minimum Gasteiger partial charge on any atom is -0.306 e. The van der Waals surface area contributed by atoms with Crippen molar-refractivity contribution in [1.29, 1.82) is 0 Å². The smallest absolute Gasteiger partial charge is 0.306 e. The molecule has 0 radical (unpaired) electrons. The first-order chi connectivity index (χ1) is 6.72. The monoisotopic (exact) mass is 230 g/mol. The average Bonchev–Trinajstić information content (AvgIpc) is 2.45. The summed E-state index contributed by atoms with van der Waals surface area (Å²) in [5, 5.41) is 0.611. The largest absolute Gasteiger partial charge is 0.326 e. The third-order valence-electron chi connectivity index (χ3n) is 2.05. The molecule has 0 saturated heterocycles. The fourth-order valence-corrected chi connectivity index (χ4v) is 1.77. The molecule has 2 rings (SSSR count). The zero-order chi connectivity index (χ0) is 10.1. The molecular weight excluding hydrogens is 223 g/mol. The molecule has 1 heterocycles. The number of aromatic amines is 1. The summed E-state index contributed by atoms with van der Waals surface area (Å²) in [6.45, 7) is 0.487. The summed E-state index contributed by atoms with van der Waals surface area (Å²) in [5.41, 5.74) is 1.43. The number of hydrogen-bond donors (Lipinski definition) is 1. The van der Waals surface area contributed by atoms with Gasteiger partial charge in [-0.2, -0.15) is 0 Å². The quantitative estimate of drug-likeness (QED) is 0.790. The van der Waals surface area contributed by atoms with E-state index < -0.39 is 0 Å². The van der Waals surface area contributed by atoms with Gasteiger partial charge in [0.25, 0.3) is 0 Å². The van der Waals surface area contributed by atoms with Gasteiger partial charge < -0.3 is 4.98 Å². The molecule has 0 aliphatic rings. The minimum atomic E-state index is -0.150. The van der Waals surface area contributed by atoms with Crippen LogP contribution in [0.15, 0.2) is 23.0 Å². The van der Waals surface area contributed by atoms with Crippen molar-refractivity contribution in [1.82, 2.24) is 9.55 Å². The molecule has 1 aromatic heterocycles. The molecule has 0 fully saturated rings. The molecule has 0 aliphatic carbocycles. The van der Waals surface area contributed by atoms with Gasteiger partial charge in [0.2, 0.25) is 0 Å². The number of rotatable bonds is 2. The van der Waals surface area contributed by atoms with E-state index in [-0.39, 0.29) is 5.69 Å². The van der Waals surface area contributed by atoms with Gasteiger partial charge in [0.05, 0.1) is 11.0 Å². The van der Waals surface area contributed by atoms with Crippen molar-refractivity contribution >= 4 is 34.2 Å². The third-order valence-corrected chi connectivity index (χ3v) is 2.45. The van der Waals surface area contributed by atoms with Crippen LogP contribution in [0.25, 0.3) is 11.0 Å². The average molecular weight is 231 g/mol. The van der Waals surface area contributed by atoms with Crippen molar-refractivity contribution in [3.05, 3.63) is 33.7 Å². The molecule has 1 N–H and O–H groups in total. The maximum absolute atomic E-state index is 11.4. The van der Waals surface area contributed by atoms with E-state index in [0.29, 0.717) is 17.4 Å². The first kappa shape index (κ1) is 9.62. The minimum absolute atomic E-state index is 0.150. The molecule has 0 atom stereocenters. The first-order valence-electron chi connectivity index (χ1n) is 4.16. The number of imidazole rings is 1. The molecular formula is C9H8Cl2N2O. The van der Waals surface area contributed by atoms with Gasteiger partial charge in [-0.05, 0) is 18.2 Å². The lowest BCUT2D eigenvalue weighted by Gasteiger charge is -1.98. The van der Waals surface area contributed by atoms with E-state index in [0.717, 1.165) is 11.0 Å². The first-order valence-corrected chi connectivity index (χ1v) is 5.07. The Morgan fingerprint density at radius 2 is 2.21 bits per heavy atom. The van der Waals surface area contributed by atoms with Gasteiger partial charge in [-0.25, -0.2) is 4.79 Å². The molecule has 5 heteroatoms. The highest BCUT2D eigenvalue weighted by Gasteiger charge is 2.05. The fraction of sp³-hybridized carbons (Fsp3) is 0.222. The lowest BCUT2D eigenvalue weighted by atomic mass is 10.3. The summed E-state index contributed by atoms with van der Waals surface area (Å²) < 4.78 is 1.58. The normalized spacial score (nSPS) is 11.0. The predicted molar refractivity (Wildman–Crippen MR) is 58.3 cm³/mol. The number of alkyl halides is 1. The van der Waals surface area contributed by atoms with E-state index in [4.69, 9.17) is 23.2 Å². The second-order valence-corrected chi connectivity index (χ2v) is 3.75. The van der Waals surface area contributed by atoms with Gasteiger partial charge in [0, 0.05) is 17.4 Å². The Bertz CT molecular complexity index is 515. The van der Waals surface area contributed by atoms with E-state index in [1.165, 1.54) is 0 Å². The van der Waals surface area contributed by atoms with Gasteiger partial charge in [0.1, 0.15) is 0 Å². The maximum Gasteiger partial charge on any atom is 0.326 e. The van der Waals surface area contributed by atoms with Crippen LogP contribution >= 0.6 is 23.2 Å². The Hall–Kier alpha value is -0.930. The van der Waals surface area contributed by atoms with Crippen molar-refractivity contribution in [3.8, 4) is 0 Å². The fourth-order valence-electron chi connectivity index (χ4n) is 1.43. The molecule has 2 aromatic rings. The van der Waals surface area contributed by atoms with E-state index >= 15 is 0 Å². The second-order valence-electron chi connectivity index (χ2n) is 2.93. The SMILES string of the molecule is O=c1[nH]c2ccc(Cl)cc2n1CCCl. The Kier molecular flexibility index (Phi) is 2.52. The Labute approximate surface area is 90.2 Å². The molecule has 74 valence electrons. The molecule has 14 heavy (non-hydrogen) atoms. The molecule has 0 amide bonds. The zero-order valence-electron chi connectivity index (χ0n) is 7.26. The number of H-pyrrole nitrogens is 1. The van der Waals surface area contributed by atoms with Crippen molar-refractivity contribution in [2.45, 2.75) is 6.54 Å². The molecule has 0 aliphatic heterocycles. The van der Waals surface area contributed by atoms with E-state index in [9.17, 15) is 4.79 Å². The van der Waals surface area contributed by atoms with Crippen molar-refractivity contribution in [2.75, 3.05) is 5.88 Å². The number of nitrogens with zero attached hydrogens (tertiary/aromatic N) is 1. The topological polar surface area (TPSA) is 37.8 Å². The van der Waals surface area contributed by atoms with E-state index in [1.807, 2.05) is 0 Å². The molecule has 1 aromatic carbocycles. The van der Waals surface area contributed by atoms with E-state index in [1.54, 1.807) is 22.8 Å². The number of aromatic nitrogens is 2. The predicted octanol–water partition coefficient (Wildman–Crippen LogP) is 2.22. The number of nitrogens with one attached hydrogen (secondary N) is 1. The van der Waals surface area contributed by atoms with Crippen LogP contribution < -0.4 is 5.69 Å². The number of fused-ring (bicyclic) bond motifs is 1. The highest BCUT2D eigenvalue weighted by molar-refractivity contribution is 6.31. The summed E-state index contributed by atoms with van der Waals surface area (Å²) >= 11 is 11.4.